The molecule has 0 aromatic heterocycles. The van der Waals surface area contributed by atoms with Crippen molar-refractivity contribution < 1.29 is 13.2 Å². The van der Waals surface area contributed by atoms with E-state index >= 15 is 0 Å². The van der Waals surface area contributed by atoms with Gasteiger partial charge in [0.1, 0.15) is 6.04 Å². The van der Waals surface area contributed by atoms with Crippen molar-refractivity contribution in [3.8, 4) is 0 Å². The predicted molar refractivity (Wildman–Crippen MR) is 59.2 cm³/mol. The van der Waals surface area contributed by atoms with Gasteiger partial charge in [-0.2, -0.15) is 13.2 Å². The summed E-state index contributed by atoms with van der Waals surface area (Å²) in [4.78, 5) is 0. The Kier molecular flexibility index (Phi) is 3.67. The van der Waals surface area contributed by atoms with Gasteiger partial charge in [0, 0.05) is 14.5 Å². The van der Waals surface area contributed by atoms with Crippen LogP contribution in [-0.4, -0.2) is 6.18 Å². The van der Waals surface area contributed by atoms with Crippen LogP contribution >= 0.6 is 31.9 Å². The molecule has 15 heavy (non-hydrogen) atoms. The maximum atomic E-state index is 12.4. The molecule has 4 N–H and O–H groups in total. The van der Waals surface area contributed by atoms with Gasteiger partial charge in [-0.3, -0.25) is 0 Å². The summed E-state index contributed by atoms with van der Waals surface area (Å²) in [6, 6.07) is 0.742. The first kappa shape index (κ1) is 12.8. The van der Waals surface area contributed by atoms with Crippen LogP contribution in [0.15, 0.2) is 21.1 Å². The Balaban J connectivity index is 3.25. The lowest BCUT2D eigenvalue weighted by Gasteiger charge is -2.18. The SMILES string of the molecule is Nc1c(Br)cc(Br)cc1[C@H](N)C(F)(F)F. The minimum atomic E-state index is -4.51. The maximum absolute atomic E-state index is 12.4. The standard InChI is InChI=1S/C8H7Br2F3N2/c9-3-1-4(6(14)5(10)2-3)7(15)8(11,12)13/h1-2,7H,14-15H2/t7-/m0/s1. The fourth-order valence-electron chi connectivity index (χ4n) is 1.04. The van der Waals surface area contributed by atoms with Gasteiger partial charge in [0.25, 0.3) is 0 Å². The van der Waals surface area contributed by atoms with E-state index in [4.69, 9.17) is 11.5 Å². The van der Waals surface area contributed by atoms with Gasteiger partial charge in [-0.25, -0.2) is 0 Å². The second kappa shape index (κ2) is 4.31. The van der Waals surface area contributed by atoms with Crippen molar-refractivity contribution in [1.82, 2.24) is 0 Å². The average molecular weight is 348 g/mol. The molecule has 0 aliphatic carbocycles. The average Bonchev–Trinajstić information content (AvgIpc) is 2.08. The summed E-state index contributed by atoms with van der Waals surface area (Å²) in [6.07, 6.45) is -4.51. The third-order valence-corrected chi connectivity index (χ3v) is 2.93. The molecule has 0 amide bonds. The zero-order chi connectivity index (χ0) is 11.8. The molecule has 0 aliphatic heterocycles. The largest absolute Gasteiger partial charge is 0.407 e. The Labute approximate surface area is 101 Å². The van der Waals surface area contributed by atoms with Gasteiger partial charge in [-0.1, -0.05) is 15.9 Å². The molecule has 0 fully saturated rings. The number of halogens is 5. The van der Waals surface area contributed by atoms with E-state index in [9.17, 15) is 13.2 Å². The normalized spacial score (nSPS) is 14.0. The van der Waals surface area contributed by atoms with E-state index < -0.39 is 12.2 Å². The van der Waals surface area contributed by atoms with Crippen molar-refractivity contribution in [2.45, 2.75) is 12.2 Å². The van der Waals surface area contributed by atoms with Crippen LogP contribution in [0.4, 0.5) is 18.9 Å². The zero-order valence-electron chi connectivity index (χ0n) is 7.28. The van der Waals surface area contributed by atoms with E-state index in [1.807, 2.05) is 0 Å². The lowest BCUT2D eigenvalue weighted by Crippen LogP contribution is -2.29. The highest BCUT2D eigenvalue weighted by Gasteiger charge is 2.39. The highest BCUT2D eigenvalue weighted by molar-refractivity contribution is 9.11. The molecular weight excluding hydrogens is 341 g/mol. The quantitative estimate of drug-likeness (QED) is 0.765. The Morgan fingerprint density at radius 2 is 1.73 bits per heavy atom. The van der Waals surface area contributed by atoms with Gasteiger partial charge in [-0.05, 0) is 28.1 Å². The summed E-state index contributed by atoms with van der Waals surface area (Å²) in [5.74, 6) is 0. The number of benzene rings is 1. The number of anilines is 1. The second-order valence-corrected chi connectivity index (χ2v) is 4.68. The van der Waals surface area contributed by atoms with Crippen molar-refractivity contribution in [3.63, 3.8) is 0 Å². The lowest BCUT2D eigenvalue weighted by atomic mass is 10.1. The van der Waals surface area contributed by atoms with E-state index in [-0.39, 0.29) is 11.3 Å². The topological polar surface area (TPSA) is 52.0 Å². The summed E-state index contributed by atoms with van der Waals surface area (Å²) in [7, 11) is 0. The fraction of sp³-hybridized carbons (Fsp3) is 0.250. The summed E-state index contributed by atoms with van der Waals surface area (Å²) >= 11 is 6.13. The number of hydrogen-bond acceptors (Lipinski definition) is 2. The molecule has 84 valence electrons. The monoisotopic (exact) mass is 346 g/mol. The van der Waals surface area contributed by atoms with E-state index in [1.54, 1.807) is 6.07 Å². The highest BCUT2D eigenvalue weighted by atomic mass is 79.9. The van der Waals surface area contributed by atoms with Crippen LogP contribution in [0.25, 0.3) is 0 Å². The third kappa shape index (κ3) is 2.85. The van der Waals surface area contributed by atoms with Crippen molar-refractivity contribution in [3.05, 3.63) is 26.6 Å². The molecule has 0 aliphatic rings. The number of alkyl halides is 3. The van der Waals surface area contributed by atoms with Crippen molar-refractivity contribution in [2.75, 3.05) is 5.73 Å². The molecule has 1 rings (SSSR count). The predicted octanol–water partition coefficient (Wildman–Crippen LogP) is 3.36. The molecule has 7 heteroatoms. The summed E-state index contributed by atoms with van der Waals surface area (Å²) in [6.45, 7) is 0. The van der Waals surface area contributed by atoms with Gasteiger partial charge in [-0.15, -0.1) is 0 Å². The molecule has 0 heterocycles. The van der Waals surface area contributed by atoms with E-state index in [0.717, 1.165) is 0 Å². The van der Waals surface area contributed by atoms with Gasteiger partial charge in [0.15, 0.2) is 0 Å². The van der Waals surface area contributed by atoms with Gasteiger partial charge in [0.05, 0.1) is 5.69 Å². The summed E-state index contributed by atoms with van der Waals surface area (Å²) in [5, 5.41) is 0. The zero-order valence-corrected chi connectivity index (χ0v) is 10.4. The van der Waals surface area contributed by atoms with E-state index in [2.05, 4.69) is 31.9 Å². The number of rotatable bonds is 1. The Morgan fingerprint density at radius 1 is 1.20 bits per heavy atom. The fourth-order valence-corrected chi connectivity index (χ4v) is 2.30. The van der Waals surface area contributed by atoms with E-state index in [0.29, 0.717) is 8.95 Å². The van der Waals surface area contributed by atoms with Crippen LogP contribution in [0.5, 0.6) is 0 Å². The van der Waals surface area contributed by atoms with Crippen LogP contribution in [0.1, 0.15) is 11.6 Å². The van der Waals surface area contributed by atoms with Gasteiger partial charge >= 0.3 is 6.18 Å². The van der Waals surface area contributed by atoms with Crippen LogP contribution in [0.2, 0.25) is 0 Å². The second-order valence-electron chi connectivity index (χ2n) is 2.91. The summed E-state index contributed by atoms with van der Waals surface area (Å²) < 4.78 is 38.0. The Morgan fingerprint density at radius 3 is 2.20 bits per heavy atom. The first-order valence-electron chi connectivity index (χ1n) is 3.80. The van der Waals surface area contributed by atoms with Gasteiger partial charge in [0.2, 0.25) is 0 Å². The van der Waals surface area contributed by atoms with Gasteiger partial charge < -0.3 is 11.5 Å². The molecule has 0 unspecified atom stereocenters. The Hall–Kier alpha value is -0.270. The smallest absolute Gasteiger partial charge is 0.398 e. The van der Waals surface area contributed by atoms with E-state index in [1.165, 1.54) is 6.07 Å². The number of nitrogen functional groups attached to an aromatic ring is 1. The molecule has 1 atom stereocenters. The van der Waals surface area contributed by atoms with Crippen LogP contribution in [0, 0.1) is 0 Å². The van der Waals surface area contributed by atoms with Crippen molar-refractivity contribution >= 4 is 37.5 Å². The first-order valence-corrected chi connectivity index (χ1v) is 5.38. The minimum Gasteiger partial charge on any atom is -0.398 e. The minimum absolute atomic E-state index is 0.00280. The molecular formula is C8H7Br2F3N2. The van der Waals surface area contributed by atoms with Crippen molar-refractivity contribution in [1.29, 1.82) is 0 Å². The molecule has 0 saturated heterocycles. The molecule has 0 saturated carbocycles. The molecule has 1 aromatic rings. The number of nitrogens with two attached hydrogens (primary N) is 2. The molecule has 2 nitrogen and oxygen atoms in total. The maximum Gasteiger partial charge on any atom is 0.407 e. The van der Waals surface area contributed by atoms with Crippen LogP contribution in [-0.2, 0) is 0 Å². The Bertz CT molecular complexity index is 379. The molecule has 0 spiro atoms. The molecule has 0 bridgehead atoms. The molecule has 1 aromatic carbocycles. The summed E-state index contributed by atoms with van der Waals surface area (Å²) in [5.41, 5.74) is 10.4. The first-order chi connectivity index (χ1) is 6.73. The third-order valence-electron chi connectivity index (χ3n) is 1.81. The van der Waals surface area contributed by atoms with Crippen LogP contribution < -0.4 is 11.5 Å². The van der Waals surface area contributed by atoms with Crippen molar-refractivity contribution in [2.24, 2.45) is 5.73 Å². The number of hydrogen-bond donors (Lipinski definition) is 2. The van der Waals surface area contributed by atoms with Crippen LogP contribution in [0.3, 0.4) is 0 Å². The highest BCUT2D eigenvalue weighted by Crippen LogP contribution is 2.37. The molecule has 0 radical (unpaired) electrons. The lowest BCUT2D eigenvalue weighted by molar-refractivity contribution is -0.149.